The molecule has 3 aromatic rings. The number of nitrogens with zero attached hydrogens (tertiary/aromatic N) is 1. The summed E-state index contributed by atoms with van der Waals surface area (Å²) >= 11 is 5.35. The molecule has 2 heterocycles. The van der Waals surface area contributed by atoms with Crippen molar-refractivity contribution in [2.45, 2.75) is 12.5 Å². The van der Waals surface area contributed by atoms with Crippen molar-refractivity contribution in [1.29, 1.82) is 0 Å². The van der Waals surface area contributed by atoms with E-state index in [1.807, 2.05) is 54.7 Å². The molecule has 1 saturated heterocycles. The second-order valence-electron chi connectivity index (χ2n) is 5.61. The molecule has 4 nitrogen and oxygen atoms in total. The van der Waals surface area contributed by atoms with Crippen LogP contribution in [0.2, 0.25) is 0 Å². The maximum Gasteiger partial charge on any atom is 0.256 e. The molecule has 114 valence electrons. The highest BCUT2D eigenvalue weighted by molar-refractivity contribution is 7.80. The number of para-hydroxylation sites is 1. The average Bonchev–Trinajstić information content (AvgIpc) is 3.13. The topological polar surface area (TPSA) is 48.1 Å². The Hall–Kier alpha value is -2.66. The zero-order chi connectivity index (χ0) is 15.8. The number of carbonyl (C=O) groups is 1. The fourth-order valence-corrected chi connectivity index (χ4v) is 3.29. The molecule has 0 spiro atoms. The van der Waals surface area contributed by atoms with Crippen LogP contribution in [-0.4, -0.2) is 22.0 Å². The molecular formula is C18H15N3OS. The summed E-state index contributed by atoms with van der Waals surface area (Å²) in [5.74, 6) is -0.00429. The SMILES string of the molecule is O=C1[C@@H](Cc2ccc3[nH]ccc3c2)NC(=S)N1c1ccccc1. The van der Waals surface area contributed by atoms with Gasteiger partial charge >= 0.3 is 0 Å². The van der Waals surface area contributed by atoms with Crippen LogP contribution < -0.4 is 10.2 Å². The molecular weight excluding hydrogens is 306 g/mol. The quantitative estimate of drug-likeness (QED) is 0.729. The van der Waals surface area contributed by atoms with Crippen LogP contribution >= 0.6 is 12.2 Å². The first-order chi connectivity index (χ1) is 11.2. The Morgan fingerprint density at radius 1 is 1.09 bits per heavy atom. The van der Waals surface area contributed by atoms with Crippen molar-refractivity contribution in [3.8, 4) is 0 Å². The first-order valence-corrected chi connectivity index (χ1v) is 7.89. The number of rotatable bonds is 3. The molecule has 4 rings (SSSR count). The Morgan fingerprint density at radius 2 is 1.91 bits per heavy atom. The third-order valence-corrected chi connectivity index (χ3v) is 4.39. The van der Waals surface area contributed by atoms with Gasteiger partial charge in [0.2, 0.25) is 0 Å². The standard InChI is InChI=1S/C18H15N3OS/c22-17-16(11-12-6-7-15-13(10-12)8-9-19-15)20-18(23)21(17)14-4-2-1-3-5-14/h1-10,16,19H,11H2,(H,20,23)/t16-/m1/s1. The summed E-state index contributed by atoms with van der Waals surface area (Å²) in [6.07, 6.45) is 2.53. The second-order valence-corrected chi connectivity index (χ2v) is 6.00. The third kappa shape index (κ3) is 2.49. The van der Waals surface area contributed by atoms with E-state index in [1.54, 1.807) is 4.90 Å². The van der Waals surface area contributed by atoms with Crippen molar-refractivity contribution in [3.05, 3.63) is 66.4 Å². The van der Waals surface area contributed by atoms with E-state index < -0.39 is 0 Å². The average molecular weight is 321 g/mol. The van der Waals surface area contributed by atoms with E-state index in [4.69, 9.17) is 12.2 Å². The fourth-order valence-electron chi connectivity index (χ4n) is 2.96. The van der Waals surface area contributed by atoms with Crippen molar-refractivity contribution >= 4 is 39.8 Å². The number of amides is 1. The van der Waals surface area contributed by atoms with Gasteiger partial charge in [-0.2, -0.15) is 0 Å². The highest BCUT2D eigenvalue weighted by Crippen LogP contribution is 2.22. The summed E-state index contributed by atoms with van der Waals surface area (Å²) in [6, 6.07) is 17.4. The summed E-state index contributed by atoms with van der Waals surface area (Å²) in [6.45, 7) is 0. The maximum absolute atomic E-state index is 12.7. The summed E-state index contributed by atoms with van der Waals surface area (Å²) in [7, 11) is 0. The molecule has 1 aromatic heterocycles. The lowest BCUT2D eigenvalue weighted by Crippen LogP contribution is -2.32. The molecule has 0 saturated carbocycles. The molecule has 0 aliphatic carbocycles. The Balaban J connectivity index is 1.58. The van der Waals surface area contributed by atoms with Crippen molar-refractivity contribution in [2.24, 2.45) is 0 Å². The number of thiocarbonyl (C=S) groups is 1. The van der Waals surface area contributed by atoms with Crippen LogP contribution in [0.3, 0.4) is 0 Å². The van der Waals surface area contributed by atoms with Gasteiger partial charge in [-0.15, -0.1) is 0 Å². The van der Waals surface area contributed by atoms with E-state index in [0.717, 1.165) is 22.2 Å². The van der Waals surface area contributed by atoms with Crippen LogP contribution in [0.25, 0.3) is 10.9 Å². The minimum absolute atomic E-state index is 0.00429. The number of H-pyrrole nitrogens is 1. The zero-order valence-corrected chi connectivity index (χ0v) is 13.1. The van der Waals surface area contributed by atoms with Crippen LogP contribution in [0.15, 0.2) is 60.8 Å². The van der Waals surface area contributed by atoms with E-state index in [0.29, 0.717) is 11.5 Å². The molecule has 2 aromatic carbocycles. The van der Waals surface area contributed by atoms with Gasteiger partial charge in [-0.3, -0.25) is 9.69 Å². The molecule has 1 atom stereocenters. The molecule has 0 bridgehead atoms. The van der Waals surface area contributed by atoms with Crippen LogP contribution in [-0.2, 0) is 11.2 Å². The van der Waals surface area contributed by atoms with Crippen LogP contribution in [0, 0.1) is 0 Å². The minimum Gasteiger partial charge on any atom is -0.361 e. The molecule has 0 unspecified atom stereocenters. The third-order valence-electron chi connectivity index (χ3n) is 4.09. The number of hydrogen-bond acceptors (Lipinski definition) is 2. The highest BCUT2D eigenvalue weighted by atomic mass is 32.1. The first-order valence-electron chi connectivity index (χ1n) is 7.48. The number of hydrogen-bond donors (Lipinski definition) is 2. The number of aromatic amines is 1. The van der Waals surface area contributed by atoms with Crippen LogP contribution in [0.4, 0.5) is 5.69 Å². The van der Waals surface area contributed by atoms with Crippen molar-refractivity contribution in [3.63, 3.8) is 0 Å². The maximum atomic E-state index is 12.7. The Labute approximate surface area is 139 Å². The van der Waals surface area contributed by atoms with Crippen LogP contribution in [0.5, 0.6) is 0 Å². The summed E-state index contributed by atoms with van der Waals surface area (Å²) < 4.78 is 0. The molecule has 1 amide bonds. The largest absolute Gasteiger partial charge is 0.361 e. The van der Waals surface area contributed by atoms with Gasteiger partial charge in [0.15, 0.2) is 5.11 Å². The zero-order valence-electron chi connectivity index (χ0n) is 12.3. The van der Waals surface area contributed by atoms with Crippen LogP contribution in [0.1, 0.15) is 5.56 Å². The summed E-state index contributed by atoms with van der Waals surface area (Å²) in [5, 5.41) is 4.76. The summed E-state index contributed by atoms with van der Waals surface area (Å²) in [4.78, 5) is 17.5. The summed E-state index contributed by atoms with van der Waals surface area (Å²) in [5.41, 5.74) is 3.01. The van der Waals surface area contributed by atoms with Crippen molar-refractivity contribution in [1.82, 2.24) is 10.3 Å². The predicted molar refractivity (Wildman–Crippen MR) is 95.5 cm³/mol. The lowest BCUT2D eigenvalue weighted by atomic mass is 10.0. The molecule has 0 radical (unpaired) electrons. The number of carbonyl (C=O) groups excluding carboxylic acids is 1. The normalized spacial score (nSPS) is 17.7. The Bertz CT molecular complexity index is 887. The van der Waals surface area contributed by atoms with E-state index in [2.05, 4.69) is 16.4 Å². The van der Waals surface area contributed by atoms with E-state index in [9.17, 15) is 4.79 Å². The lowest BCUT2D eigenvalue weighted by molar-refractivity contribution is -0.118. The number of fused-ring (bicyclic) bond motifs is 1. The molecule has 1 fully saturated rings. The first kappa shape index (κ1) is 14.0. The van der Waals surface area contributed by atoms with Gasteiger partial charge in [-0.05, 0) is 53.5 Å². The number of aromatic nitrogens is 1. The second kappa shape index (κ2) is 5.52. The minimum atomic E-state index is -0.320. The molecule has 23 heavy (non-hydrogen) atoms. The molecule has 1 aliphatic rings. The van der Waals surface area contributed by atoms with Gasteiger partial charge in [0.05, 0.1) is 5.69 Å². The fraction of sp³-hybridized carbons (Fsp3) is 0.111. The number of nitrogens with one attached hydrogen (secondary N) is 2. The van der Waals surface area contributed by atoms with E-state index in [1.165, 1.54) is 0 Å². The Morgan fingerprint density at radius 3 is 2.74 bits per heavy atom. The van der Waals surface area contributed by atoms with Gasteiger partial charge < -0.3 is 10.3 Å². The van der Waals surface area contributed by atoms with E-state index in [-0.39, 0.29) is 11.9 Å². The van der Waals surface area contributed by atoms with Crippen molar-refractivity contribution in [2.75, 3.05) is 4.90 Å². The van der Waals surface area contributed by atoms with Gasteiger partial charge in [0.25, 0.3) is 5.91 Å². The van der Waals surface area contributed by atoms with E-state index >= 15 is 0 Å². The molecule has 5 heteroatoms. The van der Waals surface area contributed by atoms with Crippen molar-refractivity contribution < 1.29 is 4.79 Å². The van der Waals surface area contributed by atoms with Gasteiger partial charge in [-0.1, -0.05) is 24.3 Å². The number of benzene rings is 2. The molecule has 2 N–H and O–H groups in total. The lowest BCUT2D eigenvalue weighted by Gasteiger charge is -2.14. The Kier molecular flexibility index (Phi) is 3.35. The van der Waals surface area contributed by atoms with Gasteiger partial charge in [-0.25, -0.2) is 0 Å². The molecule has 1 aliphatic heterocycles. The number of anilines is 1. The predicted octanol–water partition coefficient (Wildman–Crippen LogP) is 3.00. The van der Waals surface area contributed by atoms with Gasteiger partial charge in [0.1, 0.15) is 6.04 Å². The van der Waals surface area contributed by atoms with Gasteiger partial charge in [0, 0.05) is 18.1 Å². The smallest absolute Gasteiger partial charge is 0.256 e. The highest BCUT2D eigenvalue weighted by Gasteiger charge is 2.36. The monoisotopic (exact) mass is 321 g/mol.